The van der Waals surface area contributed by atoms with Gasteiger partial charge in [-0.1, -0.05) is 6.07 Å². The molecule has 0 aliphatic carbocycles. The Bertz CT molecular complexity index is 473. The fourth-order valence-corrected chi connectivity index (χ4v) is 1.99. The number of ether oxygens (including phenoxy) is 1. The molecule has 0 saturated carbocycles. The summed E-state index contributed by atoms with van der Waals surface area (Å²) in [5.74, 6) is 0.523. The maximum atomic E-state index is 12.0. The van der Waals surface area contributed by atoms with Crippen molar-refractivity contribution < 1.29 is 14.3 Å². The molecule has 0 aromatic heterocycles. The topological polar surface area (TPSA) is 58.6 Å². The molecule has 1 atom stereocenters. The zero-order valence-electron chi connectivity index (χ0n) is 10.5. The highest BCUT2D eigenvalue weighted by atomic mass is 16.5. The van der Waals surface area contributed by atoms with Crippen molar-refractivity contribution in [3.05, 3.63) is 29.8 Å². The van der Waals surface area contributed by atoms with Crippen LogP contribution in [0.25, 0.3) is 0 Å². The SMILES string of the molecule is COc1cccc(C(=O)NC2CC(=O)N(C)C2)c1. The van der Waals surface area contributed by atoms with Gasteiger partial charge in [0.25, 0.3) is 5.91 Å². The van der Waals surface area contributed by atoms with E-state index in [2.05, 4.69) is 5.32 Å². The summed E-state index contributed by atoms with van der Waals surface area (Å²) in [5, 5.41) is 2.85. The molecule has 5 heteroatoms. The van der Waals surface area contributed by atoms with Crippen LogP contribution in [-0.2, 0) is 4.79 Å². The molecule has 2 rings (SSSR count). The molecule has 5 nitrogen and oxygen atoms in total. The van der Waals surface area contributed by atoms with Gasteiger partial charge in [0.05, 0.1) is 13.2 Å². The number of likely N-dealkylation sites (N-methyl/N-ethyl adjacent to an activating group) is 1. The zero-order valence-corrected chi connectivity index (χ0v) is 10.5. The van der Waals surface area contributed by atoms with Crippen LogP contribution in [0.1, 0.15) is 16.8 Å². The van der Waals surface area contributed by atoms with E-state index in [-0.39, 0.29) is 17.9 Å². The Hall–Kier alpha value is -2.04. The third-order valence-electron chi connectivity index (χ3n) is 3.01. The number of likely N-dealkylation sites (tertiary alicyclic amines) is 1. The molecule has 1 unspecified atom stereocenters. The van der Waals surface area contributed by atoms with Gasteiger partial charge in [-0.2, -0.15) is 0 Å². The van der Waals surface area contributed by atoms with Crippen molar-refractivity contribution in [3.8, 4) is 5.75 Å². The van der Waals surface area contributed by atoms with Crippen LogP contribution in [0.5, 0.6) is 5.75 Å². The smallest absolute Gasteiger partial charge is 0.251 e. The molecule has 1 saturated heterocycles. The van der Waals surface area contributed by atoms with Gasteiger partial charge in [-0.3, -0.25) is 9.59 Å². The minimum absolute atomic E-state index is 0.0611. The van der Waals surface area contributed by atoms with Crippen LogP contribution in [0, 0.1) is 0 Å². The van der Waals surface area contributed by atoms with Gasteiger partial charge in [0.1, 0.15) is 5.75 Å². The number of rotatable bonds is 3. The molecule has 0 radical (unpaired) electrons. The van der Waals surface area contributed by atoms with E-state index in [1.165, 1.54) is 0 Å². The van der Waals surface area contributed by atoms with Crippen LogP contribution < -0.4 is 10.1 Å². The summed E-state index contributed by atoms with van der Waals surface area (Å²) in [5.41, 5.74) is 0.538. The normalized spacial score (nSPS) is 18.9. The van der Waals surface area contributed by atoms with Crippen molar-refractivity contribution in [3.63, 3.8) is 0 Å². The standard InChI is InChI=1S/C13H16N2O3/c1-15-8-10(7-12(15)16)14-13(17)9-4-3-5-11(6-9)18-2/h3-6,10H,7-8H2,1-2H3,(H,14,17). The predicted octanol–water partition coefficient (Wildman–Crippen LogP) is 0.656. The Labute approximate surface area is 106 Å². The van der Waals surface area contributed by atoms with Gasteiger partial charge >= 0.3 is 0 Å². The van der Waals surface area contributed by atoms with E-state index >= 15 is 0 Å². The van der Waals surface area contributed by atoms with Crippen molar-refractivity contribution in [2.24, 2.45) is 0 Å². The van der Waals surface area contributed by atoms with Crippen LogP contribution in [-0.4, -0.2) is 43.5 Å². The van der Waals surface area contributed by atoms with E-state index in [0.717, 1.165) is 0 Å². The molecule has 0 bridgehead atoms. The van der Waals surface area contributed by atoms with Crippen LogP contribution in [0.2, 0.25) is 0 Å². The molecular formula is C13H16N2O3. The maximum Gasteiger partial charge on any atom is 0.251 e. The summed E-state index contributed by atoms with van der Waals surface area (Å²) in [6.07, 6.45) is 0.367. The second-order valence-electron chi connectivity index (χ2n) is 4.38. The lowest BCUT2D eigenvalue weighted by Crippen LogP contribution is -2.36. The van der Waals surface area contributed by atoms with E-state index in [0.29, 0.717) is 24.3 Å². The second-order valence-corrected chi connectivity index (χ2v) is 4.38. The summed E-state index contributed by atoms with van der Waals surface area (Å²) < 4.78 is 5.07. The van der Waals surface area contributed by atoms with E-state index in [4.69, 9.17) is 4.74 Å². The summed E-state index contributed by atoms with van der Waals surface area (Å²) in [4.78, 5) is 25.0. The fraction of sp³-hybridized carbons (Fsp3) is 0.385. The monoisotopic (exact) mass is 248 g/mol. The third kappa shape index (κ3) is 2.61. The number of nitrogens with zero attached hydrogens (tertiary/aromatic N) is 1. The summed E-state index contributed by atoms with van der Waals surface area (Å²) in [6, 6.07) is 6.83. The molecule has 96 valence electrons. The first-order valence-corrected chi connectivity index (χ1v) is 5.79. The minimum atomic E-state index is -0.179. The molecular weight excluding hydrogens is 232 g/mol. The summed E-state index contributed by atoms with van der Waals surface area (Å²) >= 11 is 0. The van der Waals surface area contributed by atoms with Crippen LogP contribution in [0.15, 0.2) is 24.3 Å². The number of methoxy groups -OCH3 is 1. The average Bonchev–Trinajstić information content (AvgIpc) is 2.68. The number of carbonyl (C=O) groups excluding carboxylic acids is 2. The van der Waals surface area contributed by atoms with Crippen molar-refractivity contribution in [1.82, 2.24) is 10.2 Å². The Morgan fingerprint density at radius 1 is 1.50 bits per heavy atom. The van der Waals surface area contributed by atoms with Gasteiger partial charge in [0, 0.05) is 25.6 Å². The maximum absolute atomic E-state index is 12.0. The molecule has 1 aromatic carbocycles. The van der Waals surface area contributed by atoms with Gasteiger partial charge in [0.15, 0.2) is 0 Å². The molecule has 1 N–H and O–H groups in total. The van der Waals surface area contributed by atoms with Crippen molar-refractivity contribution in [1.29, 1.82) is 0 Å². The average molecular weight is 248 g/mol. The largest absolute Gasteiger partial charge is 0.497 e. The highest BCUT2D eigenvalue weighted by Gasteiger charge is 2.28. The minimum Gasteiger partial charge on any atom is -0.497 e. The van der Waals surface area contributed by atoms with E-state index in [1.54, 1.807) is 43.3 Å². The lowest BCUT2D eigenvalue weighted by Gasteiger charge is -2.12. The lowest BCUT2D eigenvalue weighted by atomic mass is 10.1. The van der Waals surface area contributed by atoms with Gasteiger partial charge in [-0.15, -0.1) is 0 Å². The van der Waals surface area contributed by atoms with E-state index in [9.17, 15) is 9.59 Å². The Kier molecular flexibility index (Phi) is 3.50. The number of hydrogen-bond donors (Lipinski definition) is 1. The highest BCUT2D eigenvalue weighted by molar-refractivity contribution is 5.95. The molecule has 1 aromatic rings. The van der Waals surface area contributed by atoms with Crippen LogP contribution in [0.3, 0.4) is 0 Å². The molecule has 1 aliphatic heterocycles. The Balaban J connectivity index is 2.01. The van der Waals surface area contributed by atoms with Crippen molar-refractivity contribution in [2.75, 3.05) is 20.7 Å². The van der Waals surface area contributed by atoms with E-state index < -0.39 is 0 Å². The number of carbonyl (C=O) groups is 2. The zero-order chi connectivity index (χ0) is 13.1. The molecule has 1 aliphatic rings. The molecule has 0 spiro atoms. The predicted molar refractivity (Wildman–Crippen MR) is 66.5 cm³/mol. The molecule has 18 heavy (non-hydrogen) atoms. The highest BCUT2D eigenvalue weighted by Crippen LogP contribution is 2.14. The fourth-order valence-electron chi connectivity index (χ4n) is 1.99. The number of benzene rings is 1. The van der Waals surface area contributed by atoms with Gasteiger partial charge in [-0.25, -0.2) is 0 Å². The van der Waals surface area contributed by atoms with Crippen molar-refractivity contribution >= 4 is 11.8 Å². The van der Waals surface area contributed by atoms with E-state index in [1.807, 2.05) is 0 Å². The van der Waals surface area contributed by atoms with Crippen LogP contribution in [0.4, 0.5) is 0 Å². The first-order valence-electron chi connectivity index (χ1n) is 5.79. The quantitative estimate of drug-likeness (QED) is 0.854. The lowest BCUT2D eigenvalue weighted by molar-refractivity contribution is -0.126. The van der Waals surface area contributed by atoms with Crippen molar-refractivity contribution in [2.45, 2.75) is 12.5 Å². The Morgan fingerprint density at radius 2 is 2.28 bits per heavy atom. The molecule has 1 fully saturated rings. The number of nitrogens with one attached hydrogen (secondary N) is 1. The summed E-state index contributed by atoms with van der Waals surface area (Å²) in [7, 11) is 3.29. The van der Waals surface area contributed by atoms with Gasteiger partial charge in [0.2, 0.25) is 5.91 Å². The Morgan fingerprint density at radius 3 is 2.89 bits per heavy atom. The number of hydrogen-bond acceptors (Lipinski definition) is 3. The second kappa shape index (κ2) is 5.08. The summed E-state index contributed by atoms with van der Waals surface area (Å²) in [6.45, 7) is 0.564. The molecule has 1 heterocycles. The first-order chi connectivity index (χ1) is 8.60. The van der Waals surface area contributed by atoms with Gasteiger partial charge in [-0.05, 0) is 18.2 Å². The van der Waals surface area contributed by atoms with Gasteiger partial charge < -0.3 is 15.0 Å². The first kappa shape index (κ1) is 12.4. The third-order valence-corrected chi connectivity index (χ3v) is 3.01. The molecule has 2 amide bonds. The number of amides is 2. The van der Waals surface area contributed by atoms with Crippen LogP contribution >= 0.6 is 0 Å².